The van der Waals surface area contributed by atoms with Gasteiger partial charge in [0.05, 0.1) is 10.9 Å². The Labute approximate surface area is 170 Å². The van der Waals surface area contributed by atoms with E-state index in [0.29, 0.717) is 10.9 Å². The zero-order chi connectivity index (χ0) is 19.4. The van der Waals surface area contributed by atoms with E-state index < -0.39 is 5.82 Å². The highest BCUT2D eigenvalue weighted by atomic mass is 79.9. The lowest BCUT2D eigenvalue weighted by atomic mass is 10.2. The molecule has 142 valence electrons. The smallest absolute Gasteiger partial charge is 0.237 e. The number of anilines is 2. The molecule has 2 amide bonds. The maximum atomic E-state index is 14.0. The number of thioether (sulfide) groups is 1. The molecule has 1 fully saturated rings. The highest BCUT2D eigenvalue weighted by Gasteiger charge is 2.29. The number of hydrogen-bond donors (Lipinski definition) is 2. The Hall–Kier alpha value is -1.86. The Bertz CT molecular complexity index is 858. The molecule has 1 unspecified atom stereocenters. The van der Waals surface area contributed by atoms with Crippen LogP contribution in [0.5, 0.6) is 0 Å². The maximum absolute atomic E-state index is 14.0. The summed E-state index contributed by atoms with van der Waals surface area (Å²) < 4.78 is 14.6. The van der Waals surface area contributed by atoms with Crippen LogP contribution < -0.4 is 10.6 Å². The molecule has 0 aliphatic heterocycles. The molecule has 2 aromatic carbocycles. The number of hydrogen-bond acceptors (Lipinski definition) is 3. The zero-order valence-electron chi connectivity index (χ0n) is 14.8. The van der Waals surface area contributed by atoms with Crippen molar-refractivity contribution in [1.82, 2.24) is 0 Å². The molecule has 0 spiro atoms. The Morgan fingerprint density at radius 3 is 2.67 bits per heavy atom. The minimum absolute atomic E-state index is 0.0487. The average Bonchev–Trinajstić information content (AvgIpc) is 3.47. The molecule has 27 heavy (non-hydrogen) atoms. The van der Waals surface area contributed by atoms with E-state index in [1.165, 1.54) is 23.9 Å². The van der Waals surface area contributed by atoms with Crippen LogP contribution in [0.4, 0.5) is 15.8 Å². The minimum Gasteiger partial charge on any atom is -0.326 e. The molecule has 1 aliphatic rings. The highest BCUT2D eigenvalue weighted by molar-refractivity contribution is 9.10. The number of carbonyl (C=O) groups excluding carboxylic acids is 2. The number of nitrogens with one attached hydrogen (secondary N) is 2. The van der Waals surface area contributed by atoms with Crippen molar-refractivity contribution in [2.45, 2.75) is 36.3 Å². The van der Waals surface area contributed by atoms with E-state index in [9.17, 15) is 14.0 Å². The van der Waals surface area contributed by atoms with E-state index in [1.54, 1.807) is 6.07 Å². The molecular formula is C20H20BrFN2O2S. The third-order valence-corrected chi connectivity index (χ3v) is 6.03. The summed E-state index contributed by atoms with van der Waals surface area (Å²) in [6.45, 7) is 1.91. The van der Waals surface area contributed by atoms with E-state index in [-0.39, 0.29) is 28.7 Å². The first kappa shape index (κ1) is 19.9. The molecule has 1 saturated carbocycles. The largest absolute Gasteiger partial charge is 0.326 e. The van der Waals surface area contributed by atoms with Crippen molar-refractivity contribution in [2.75, 3.05) is 10.6 Å². The topological polar surface area (TPSA) is 58.2 Å². The maximum Gasteiger partial charge on any atom is 0.237 e. The van der Waals surface area contributed by atoms with Crippen LogP contribution in [0.15, 0.2) is 51.8 Å². The van der Waals surface area contributed by atoms with Gasteiger partial charge in [-0.1, -0.05) is 28.9 Å². The summed E-state index contributed by atoms with van der Waals surface area (Å²) in [7, 11) is 0. The lowest BCUT2D eigenvalue weighted by molar-refractivity contribution is -0.117. The normalized spacial score (nSPS) is 14.5. The number of halogens is 2. The summed E-state index contributed by atoms with van der Waals surface area (Å²) in [5.74, 6) is -0.553. The molecule has 2 N–H and O–H groups in total. The predicted molar refractivity (Wildman–Crippen MR) is 110 cm³/mol. The molecule has 0 heterocycles. The van der Waals surface area contributed by atoms with Gasteiger partial charge in [0.2, 0.25) is 11.8 Å². The first-order valence-electron chi connectivity index (χ1n) is 8.79. The fraction of sp³-hybridized carbons (Fsp3) is 0.300. The van der Waals surface area contributed by atoms with Crippen molar-refractivity contribution in [3.8, 4) is 0 Å². The molecule has 2 aromatic rings. The van der Waals surface area contributed by atoms with Crippen LogP contribution in [0.25, 0.3) is 0 Å². The minimum atomic E-state index is -0.484. The van der Waals surface area contributed by atoms with Crippen LogP contribution in [-0.2, 0) is 9.59 Å². The van der Waals surface area contributed by atoms with Crippen LogP contribution in [0.2, 0.25) is 0 Å². The second-order valence-corrected chi connectivity index (χ2v) is 8.61. The molecule has 0 saturated heterocycles. The average molecular weight is 451 g/mol. The number of carbonyl (C=O) groups is 2. The van der Waals surface area contributed by atoms with Crippen molar-refractivity contribution >= 4 is 50.9 Å². The second kappa shape index (κ2) is 8.89. The van der Waals surface area contributed by atoms with Gasteiger partial charge in [-0.15, -0.1) is 11.8 Å². The summed E-state index contributed by atoms with van der Waals surface area (Å²) in [6, 6.07) is 12.0. The van der Waals surface area contributed by atoms with Crippen LogP contribution in [0.1, 0.15) is 26.2 Å². The molecule has 4 nitrogen and oxygen atoms in total. The van der Waals surface area contributed by atoms with Crippen molar-refractivity contribution in [1.29, 1.82) is 0 Å². The number of benzene rings is 2. The SMILES string of the molecule is CCC(Sc1cccc(NC(=O)C2CC2)c1)C(=O)Nc1ccc(Br)cc1F. The monoisotopic (exact) mass is 450 g/mol. The van der Waals surface area contributed by atoms with E-state index in [4.69, 9.17) is 0 Å². The van der Waals surface area contributed by atoms with Crippen molar-refractivity contribution in [3.05, 3.63) is 52.8 Å². The van der Waals surface area contributed by atoms with Gasteiger partial charge in [0.25, 0.3) is 0 Å². The van der Waals surface area contributed by atoms with E-state index in [1.807, 2.05) is 31.2 Å². The summed E-state index contributed by atoms with van der Waals surface area (Å²) in [5.41, 5.74) is 0.888. The quantitative estimate of drug-likeness (QED) is 0.551. The first-order chi connectivity index (χ1) is 13.0. The van der Waals surface area contributed by atoms with Gasteiger partial charge in [0.15, 0.2) is 0 Å². The molecular weight excluding hydrogens is 431 g/mol. The van der Waals surface area contributed by atoms with Gasteiger partial charge in [0, 0.05) is 21.0 Å². The van der Waals surface area contributed by atoms with Crippen molar-refractivity contribution < 1.29 is 14.0 Å². The van der Waals surface area contributed by atoms with Crippen LogP contribution in [0, 0.1) is 11.7 Å². The summed E-state index contributed by atoms with van der Waals surface area (Å²) >= 11 is 4.59. The van der Waals surface area contributed by atoms with Crippen LogP contribution in [0.3, 0.4) is 0 Å². The lowest BCUT2D eigenvalue weighted by Gasteiger charge is -2.16. The summed E-state index contributed by atoms with van der Waals surface area (Å²) in [4.78, 5) is 25.4. The molecule has 1 aliphatic carbocycles. The molecule has 0 aromatic heterocycles. The van der Waals surface area contributed by atoms with Crippen LogP contribution in [-0.4, -0.2) is 17.1 Å². The van der Waals surface area contributed by atoms with E-state index >= 15 is 0 Å². The molecule has 1 atom stereocenters. The molecule has 0 bridgehead atoms. The van der Waals surface area contributed by atoms with Crippen molar-refractivity contribution in [3.63, 3.8) is 0 Å². The van der Waals surface area contributed by atoms with Gasteiger partial charge in [-0.05, 0) is 55.7 Å². The third-order valence-electron chi connectivity index (χ3n) is 4.18. The van der Waals surface area contributed by atoms with E-state index in [0.717, 1.165) is 23.4 Å². The third kappa shape index (κ3) is 5.56. The number of rotatable bonds is 7. The Kier molecular flexibility index (Phi) is 6.55. The Morgan fingerprint density at radius 1 is 1.22 bits per heavy atom. The van der Waals surface area contributed by atoms with Gasteiger partial charge in [-0.2, -0.15) is 0 Å². The van der Waals surface area contributed by atoms with Gasteiger partial charge in [-0.3, -0.25) is 9.59 Å². The predicted octanol–water partition coefficient (Wildman–Crippen LogP) is 5.45. The Morgan fingerprint density at radius 2 is 2.00 bits per heavy atom. The van der Waals surface area contributed by atoms with Gasteiger partial charge >= 0.3 is 0 Å². The molecule has 0 radical (unpaired) electrons. The van der Waals surface area contributed by atoms with Gasteiger partial charge in [0.1, 0.15) is 5.82 Å². The molecule has 3 rings (SSSR count). The Balaban J connectivity index is 1.65. The van der Waals surface area contributed by atoms with Gasteiger partial charge in [-0.25, -0.2) is 4.39 Å². The summed E-state index contributed by atoms with van der Waals surface area (Å²) in [5, 5.41) is 5.19. The lowest BCUT2D eigenvalue weighted by Crippen LogP contribution is -2.25. The van der Waals surface area contributed by atoms with E-state index in [2.05, 4.69) is 26.6 Å². The number of amides is 2. The molecule has 7 heteroatoms. The van der Waals surface area contributed by atoms with Crippen molar-refractivity contribution in [2.24, 2.45) is 5.92 Å². The zero-order valence-corrected chi connectivity index (χ0v) is 17.2. The van der Waals surface area contributed by atoms with Gasteiger partial charge < -0.3 is 10.6 Å². The summed E-state index contributed by atoms with van der Waals surface area (Å²) in [6.07, 6.45) is 2.49. The standard InChI is InChI=1S/C20H20BrFN2O2S/c1-2-18(20(26)24-17-9-8-13(21)10-16(17)22)27-15-5-3-4-14(11-15)23-19(25)12-6-7-12/h3-5,8-12,18H,2,6-7H2,1H3,(H,23,25)(H,24,26). The first-order valence-corrected chi connectivity index (χ1v) is 10.5. The highest BCUT2D eigenvalue weighted by Crippen LogP contribution is 2.32. The second-order valence-electron chi connectivity index (χ2n) is 6.42. The van der Waals surface area contributed by atoms with Crippen LogP contribution >= 0.6 is 27.7 Å². The fourth-order valence-corrected chi connectivity index (χ4v) is 3.87. The fourth-order valence-electron chi connectivity index (χ4n) is 2.53.